The predicted molar refractivity (Wildman–Crippen MR) is 127 cm³/mol. The third-order valence-corrected chi connectivity index (χ3v) is 5.38. The first-order valence-corrected chi connectivity index (χ1v) is 8.02. The monoisotopic (exact) mass is 695 g/mol. The molecule has 1 aromatic rings. The van der Waals surface area contributed by atoms with Crippen molar-refractivity contribution in [2.75, 3.05) is 0 Å². The first kappa shape index (κ1) is 49.0. The van der Waals surface area contributed by atoms with Gasteiger partial charge in [-0.15, -0.1) is 0 Å². The van der Waals surface area contributed by atoms with Crippen LogP contribution >= 0.6 is 46.4 Å². The summed E-state index contributed by atoms with van der Waals surface area (Å²) in [4.78, 5) is 26.1. The van der Waals surface area contributed by atoms with Gasteiger partial charge in [0.25, 0.3) is 11.8 Å². The number of carbonyl (C=O) groups is 2. The molecule has 0 bridgehead atoms. The molecule has 0 saturated carbocycles. The van der Waals surface area contributed by atoms with E-state index >= 15 is 0 Å². The molecule has 2 rings (SSSR count). The third kappa shape index (κ3) is 8.44. The van der Waals surface area contributed by atoms with E-state index < -0.39 is 29.6 Å². The smallest absolute Gasteiger partial charge is 0.366 e. The van der Waals surface area contributed by atoms with Crippen LogP contribution < -0.4 is 0 Å². The summed E-state index contributed by atoms with van der Waals surface area (Å²) in [6.45, 7) is 4.97. The van der Waals surface area contributed by atoms with Crippen LogP contribution in [0.2, 0.25) is 20.1 Å². The van der Waals surface area contributed by atoms with Gasteiger partial charge in [0.15, 0.2) is 6.29 Å². The molecule has 2 amide bonds. The fraction of sp³-hybridized carbons (Fsp3) is 0.300. The quantitative estimate of drug-likeness (QED) is 0.0949. The van der Waals surface area contributed by atoms with Gasteiger partial charge in [-0.2, -0.15) is 0 Å². The number of hydrogen-bond acceptors (Lipinski definition) is 4. The van der Waals surface area contributed by atoms with Crippen LogP contribution in [-0.2, 0) is 39.0 Å². The molecule has 0 fully saturated rings. The molecule has 11 heteroatoms. The zero-order chi connectivity index (χ0) is 17.9. The van der Waals surface area contributed by atoms with Crippen molar-refractivity contribution >= 4 is 58.2 Å². The Morgan fingerprint density at radius 3 is 1.13 bits per heavy atom. The number of imide groups is 1. The minimum atomic E-state index is -1.94. The molecular weight excluding hydrogens is 666 g/mol. The maximum atomic E-state index is 12.7. The van der Waals surface area contributed by atoms with Crippen LogP contribution in [0.3, 0.4) is 0 Å². The molecule has 1 aliphatic rings. The summed E-state index contributed by atoms with van der Waals surface area (Å²) in [6, 6.07) is -1.21. The summed E-state index contributed by atoms with van der Waals surface area (Å²) in [6.07, 6.45) is -1.94. The van der Waals surface area contributed by atoms with Gasteiger partial charge in [0, 0.05) is 0 Å². The second kappa shape index (κ2) is 17.2. The van der Waals surface area contributed by atoms with E-state index in [1.165, 1.54) is 0 Å². The fourth-order valence-corrected chi connectivity index (χ4v) is 3.60. The topological polar surface area (TPSA) is 77.8 Å². The van der Waals surface area contributed by atoms with Crippen molar-refractivity contribution in [3.05, 3.63) is 75.8 Å². The summed E-state index contributed by atoms with van der Waals surface area (Å²) < 4.78 is 0. The Kier molecular flexibility index (Phi) is 27.1. The van der Waals surface area contributed by atoms with Gasteiger partial charge >= 0.3 is 39.0 Å². The van der Waals surface area contributed by atoms with Crippen molar-refractivity contribution in [1.29, 1.82) is 0 Å². The van der Waals surface area contributed by atoms with Gasteiger partial charge < -0.3 is 54.8 Å². The summed E-state index contributed by atoms with van der Waals surface area (Å²) in [5.74, 6) is -1.60. The van der Waals surface area contributed by atoms with E-state index in [1.54, 1.807) is 20.8 Å². The van der Waals surface area contributed by atoms with Crippen LogP contribution in [-0.4, -0.2) is 39.3 Å². The summed E-state index contributed by atoms with van der Waals surface area (Å²) in [7, 11) is 0. The fourth-order valence-electron chi connectivity index (χ4n) is 2.59. The molecule has 1 aliphatic heterocycles. The number of halogens is 4. The van der Waals surface area contributed by atoms with Gasteiger partial charge in [0.05, 0.1) is 37.3 Å². The number of hydrogen-bond donors (Lipinski definition) is 2. The van der Waals surface area contributed by atoms with Gasteiger partial charge in [-0.3, -0.25) is 14.5 Å². The molecule has 1 heterocycles. The number of aliphatic hydroxyl groups excluding tert-OH is 1. The molecule has 0 spiro atoms. The standard InChI is InChI=1S/C14H13Cl4NO4.6CH3.2Rh/c1-14(2,3)10(13(22)23)19-11(20)4-5(12(19)21)7(16)9(18)8(17)6(4)15;;;;;;;;/h10,13,22-23H,1-3H3;6*1H3;;/q;6*-1;2*+3/t10-;;;;;;;;/m1......../s1. The van der Waals surface area contributed by atoms with E-state index in [-0.39, 0.29) is 115 Å². The van der Waals surface area contributed by atoms with E-state index in [2.05, 4.69) is 0 Å². The molecule has 186 valence electrons. The van der Waals surface area contributed by atoms with Gasteiger partial charge in [-0.1, -0.05) is 67.2 Å². The van der Waals surface area contributed by atoms with Crippen molar-refractivity contribution in [3.63, 3.8) is 0 Å². The van der Waals surface area contributed by atoms with E-state index in [4.69, 9.17) is 46.4 Å². The van der Waals surface area contributed by atoms with E-state index in [1.807, 2.05) is 0 Å². The third-order valence-electron chi connectivity index (χ3n) is 3.58. The molecule has 5 nitrogen and oxygen atoms in total. The number of aliphatic hydroxyl groups is 2. The molecule has 2 N–H and O–H groups in total. The molecule has 0 saturated heterocycles. The number of benzene rings is 1. The van der Waals surface area contributed by atoms with Crippen LogP contribution in [0.1, 0.15) is 41.5 Å². The number of rotatable bonds is 2. The van der Waals surface area contributed by atoms with Crippen LogP contribution in [0.25, 0.3) is 0 Å². The van der Waals surface area contributed by atoms with Crippen molar-refractivity contribution in [2.45, 2.75) is 33.1 Å². The molecule has 31 heavy (non-hydrogen) atoms. The number of carbonyl (C=O) groups excluding carboxylic acids is 2. The minimum Gasteiger partial charge on any atom is -0.366 e. The molecule has 0 aromatic heterocycles. The maximum Gasteiger partial charge on any atom is 3.00 e. The number of amides is 2. The average molecular weight is 697 g/mol. The molecule has 1 atom stereocenters. The Balaban J connectivity index is -0.000000144. The normalized spacial score (nSPS) is 12.1. The molecular formula is C20H31Cl4NO4Rh2. The molecule has 0 unspecified atom stereocenters. The van der Waals surface area contributed by atoms with Crippen LogP contribution in [0.5, 0.6) is 0 Å². The Bertz CT molecular complexity index is 679. The van der Waals surface area contributed by atoms with Gasteiger partial charge in [-0.25, -0.2) is 0 Å². The Labute approximate surface area is 234 Å². The first-order valence-electron chi connectivity index (χ1n) is 6.51. The van der Waals surface area contributed by atoms with Crippen LogP contribution in [0, 0.1) is 50.0 Å². The van der Waals surface area contributed by atoms with Crippen molar-refractivity contribution in [3.8, 4) is 0 Å². The van der Waals surface area contributed by atoms with Gasteiger partial charge in [-0.05, 0) is 5.41 Å². The van der Waals surface area contributed by atoms with Crippen molar-refractivity contribution in [2.24, 2.45) is 5.41 Å². The minimum absolute atomic E-state index is 0. The van der Waals surface area contributed by atoms with E-state index in [0.29, 0.717) is 0 Å². The number of fused-ring (bicyclic) bond motifs is 1. The van der Waals surface area contributed by atoms with Gasteiger partial charge in [0.2, 0.25) is 0 Å². The van der Waals surface area contributed by atoms with E-state index in [0.717, 1.165) is 4.90 Å². The van der Waals surface area contributed by atoms with Crippen molar-refractivity contribution < 1.29 is 58.8 Å². The Hall–Kier alpha value is 0.687. The second-order valence-corrected chi connectivity index (χ2v) is 7.72. The molecule has 0 radical (unpaired) electrons. The van der Waals surface area contributed by atoms with Crippen molar-refractivity contribution in [1.82, 2.24) is 4.90 Å². The maximum absolute atomic E-state index is 12.7. The second-order valence-electron chi connectivity index (χ2n) is 6.21. The Morgan fingerprint density at radius 1 is 0.677 bits per heavy atom. The predicted octanol–water partition coefficient (Wildman–Crippen LogP) is 6.32. The summed E-state index contributed by atoms with van der Waals surface area (Å²) >= 11 is 23.9. The largest absolute Gasteiger partial charge is 3.00 e. The SMILES string of the molecule is CC(C)(C)[C@@H](C(O)O)N1C(=O)c2c(Cl)c(Cl)c(Cl)c(Cl)c2C1=O.[CH3-].[CH3-].[CH3-].[CH3-].[CH3-].[CH3-].[Rh+3].[Rh+3]. The Morgan fingerprint density at radius 2 is 0.935 bits per heavy atom. The molecule has 1 aromatic carbocycles. The average Bonchev–Trinajstić information content (AvgIpc) is 2.66. The van der Waals surface area contributed by atoms with Gasteiger partial charge in [0.1, 0.15) is 0 Å². The summed E-state index contributed by atoms with van der Waals surface area (Å²) in [5, 5.41) is 18.6. The van der Waals surface area contributed by atoms with E-state index in [9.17, 15) is 19.8 Å². The summed E-state index contributed by atoms with van der Waals surface area (Å²) in [5.41, 5.74) is -1.19. The zero-order valence-corrected chi connectivity index (χ0v) is 25.3. The molecule has 0 aliphatic carbocycles. The zero-order valence-electron chi connectivity index (χ0n) is 19.0. The van der Waals surface area contributed by atoms with Crippen LogP contribution in [0.15, 0.2) is 0 Å². The van der Waals surface area contributed by atoms with Crippen LogP contribution in [0.4, 0.5) is 0 Å². The number of nitrogens with zero attached hydrogens (tertiary/aromatic N) is 1. The first-order chi connectivity index (χ1) is 10.4.